The third kappa shape index (κ3) is 4.53. The molecule has 3 heterocycles. The van der Waals surface area contributed by atoms with Gasteiger partial charge in [0, 0.05) is 11.4 Å². The van der Waals surface area contributed by atoms with E-state index < -0.39 is 5.91 Å². The predicted octanol–water partition coefficient (Wildman–Crippen LogP) is 5.69. The van der Waals surface area contributed by atoms with E-state index >= 15 is 0 Å². The van der Waals surface area contributed by atoms with Gasteiger partial charge in [-0.1, -0.05) is 31.9 Å². The number of amidine groups is 2. The topological polar surface area (TPSA) is 83.0 Å². The maximum absolute atomic E-state index is 12.8. The van der Waals surface area contributed by atoms with Crippen LogP contribution in [0.1, 0.15) is 56.5 Å². The van der Waals surface area contributed by atoms with Crippen molar-refractivity contribution in [2.75, 3.05) is 6.61 Å². The number of aromatic nitrogens is 1. The normalized spacial score (nSPS) is 16.8. The molecule has 0 atom stereocenters. The molecule has 0 unspecified atom stereocenters. The SMILES string of the molecule is CCCCCC1=NN2C(=N)/C(=C/c3cc(C)n(-c4ccccc4OCC)c3C)C(=O)N=C2S1. The second-order valence-corrected chi connectivity index (χ2v) is 9.07. The fourth-order valence-corrected chi connectivity index (χ4v) is 4.97. The molecule has 2 aliphatic rings. The molecular formula is C25H29N5O2S. The lowest BCUT2D eigenvalue weighted by atomic mass is 10.1. The maximum Gasteiger partial charge on any atom is 0.283 e. The van der Waals surface area contributed by atoms with Gasteiger partial charge in [0.25, 0.3) is 5.91 Å². The molecule has 0 bridgehead atoms. The van der Waals surface area contributed by atoms with Crippen molar-refractivity contribution in [1.29, 1.82) is 5.41 Å². The highest BCUT2D eigenvalue weighted by Crippen LogP contribution is 2.32. The van der Waals surface area contributed by atoms with Crippen molar-refractivity contribution in [2.24, 2.45) is 10.1 Å². The van der Waals surface area contributed by atoms with E-state index in [4.69, 9.17) is 10.1 Å². The summed E-state index contributed by atoms with van der Waals surface area (Å²) in [7, 11) is 0. The third-order valence-electron chi connectivity index (χ3n) is 5.67. The van der Waals surface area contributed by atoms with Gasteiger partial charge in [0.15, 0.2) is 5.84 Å². The van der Waals surface area contributed by atoms with Crippen LogP contribution in [0.4, 0.5) is 0 Å². The number of nitrogens with one attached hydrogen (secondary N) is 1. The number of carbonyl (C=O) groups is 1. The first-order valence-electron chi connectivity index (χ1n) is 11.3. The Morgan fingerprint density at radius 3 is 2.73 bits per heavy atom. The largest absolute Gasteiger partial charge is 0.492 e. The van der Waals surface area contributed by atoms with Crippen LogP contribution in [0, 0.1) is 19.3 Å². The van der Waals surface area contributed by atoms with E-state index in [2.05, 4.69) is 21.6 Å². The molecular weight excluding hydrogens is 434 g/mol. The lowest BCUT2D eigenvalue weighted by molar-refractivity contribution is -0.114. The molecule has 1 amide bonds. The minimum absolute atomic E-state index is 0.0718. The molecule has 7 nitrogen and oxygen atoms in total. The summed E-state index contributed by atoms with van der Waals surface area (Å²) < 4.78 is 7.93. The Bertz CT molecular complexity index is 1190. The molecule has 8 heteroatoms. The van der Waals surface area contributed by atoms with Crippen LogP contribution in [0.3, 0.4) is 0 Å². The summed E-state index contributed by atoms with van der Waals surface area (Å²) >= 11 is 1.39. The molecule has 0 saturated heterocycles. The average Bonchev–Trinajstić information content (AvgIpc) is 3.32. The molecule has 2 aromatic rings. The maximum atomic E-state index is 12.8. The molecule has 1 N–H and O–H groups in total. The van der Waals surface area contributed by atoms with E-state index in [-0.39, 0.29) is 11.4 Å². The molecule has 33 heavy (non-hydrogen) atoms. The van der Waals surface area contributed by atoms with Crippen molar-refractivity contribution >= 4 is 39.8 Å². The van der Waals surface area contributed by atoms with Crippen molar-refractivity contribution in [1.82, 2.24) is 9.58 Å². The zero-order chi connectivity index (χ0) is 23.5. The van der Waals surface area contributed by atoms with Crippen LogP contribution in [0.5, 0.6) is 5.75 Å². The molecule has 0 spiro atoms. The first-order chi connectivity index (χ1) is 15.9. The standard InChI is InChI=1S/C25H29N5O2S/c1-5-7-8-13-22-28-30-23(26)19(24(31)27-25(30)33-22)15-18-14-16(3)29(17(18)4)20-11-9-10-12-21(20)32-6-2/h9-12,14-15,26H,5-8,13H2,1-4H3/b19-15-,26-23?. The molecule has 0 saturated carbocycles. The van der Waals surface area contributed by atoms with Crippen LogP contribution in [-0.2, 0) is 4.79 Å². The average molecular weight is 464 g/mol. The molecule has 0 fully saturated rings. The van der Waals surface area contributed by atoms with Crippen LogP contribution in [-0.4, -0.2) is 38.1 Å². The number of rotatable bonds is 8. The number of carbonyl (C=O) groups excluding carboxylic acids is 1. The zero-order valence-electron chi connectivity index (χ0n) is 19.5. The van der Waals surface area contributed by atoms with Crippen molar-refractivity contribution in [3.63, 3.8) is 0 Å². The predicted molar refractivity (Wildman–Crippen MR) is 136 cm³/mol. The Labute approximate surface area is 198 Å². The molecule has 0 radical (unpaired) electrons. The van der Waals surface area contributed by atoms with E-state index in [9.17, 15) is 4.79 Å². The number of hydrogen-bond donors (Lipinski definition) is 1. The monoisotopic (exact) mass is 463 g/mol. The number of amides is 1. The van der Waals surface area contributed by atoms with Crippen LogP contribution in [0.2, 0.25) is 0 Å². The molecule has 2 aliphatic heterocycles. The fourth-order valence-electron chi connectivity index (χ4n) is 4.04. The number of hydrazone groups is 1. The van der Waals surface area contributed by atoms with Gasteiger partial charge in [0.2, 0.25) is 5.17 Å². The van der Waals surface area contributed by atoms with Gasteiger partial charge in [0.1, 0.15) is 10.8 Å². The van der Waals surface area contributed by atoms with Gasteiger partial charge in [-0.25, -0.2) is 0 Å². The van der Waals surface area contributed by atoms with Crippen molar-refractivity contribution < 1.29 is 9.53 Å². The summed E-state index contributed by atoms with van der Waals surface area (Å²) in [5.74, 6) is 0.474. The van der Waals surface area contributed by atoms with Gasteiger partial charge in [-0.2, -0.15) is 15.1 Å². The first-order valence-corrected chi connectivity index (χ1v) is 12.2. The lowest BCUT2D eigenvalue weighted by Gasteiger charge is -2.20. The van der Waals surface area contributed by atoms with Crippen LogP contribution < -0.4 is 4.74 Å². The minimum Gasteiger partial charge on any atom is -0.492 e. The Balaban J connectivity index is 1.66. The number of fused-ring (bicyclic) bond motifs is 1. The molecule has 0 aliphatic carbocycles. The van der Waals surface area contributed by atoms with Gasteiger partial charge in [0.05, 0.1) is 17.9 Å². The third-order valence-corrected chi connectivity index (χ3v) is 6.63. The van der Waals surface area contributed by atoms with E-state index in [1.165, 1.54) is 16.8 Å². The number of hydrogen-bond acceptors (Lipinski definition) is 5. The molecule has 1 aromatic carbocycles. The van der Waals surface area contributed by atoms with E-state index in [1.54, 1.807) is 6.08 Å². The van der Waals surface area contributed by atoms with Gasteiger partial charge >= 0.3 is 0 Å². The summed E-state index contributed by atoms with van der Waals surface area (Å²) in [6, 6.07) is 9.92. The summed E-state index contributed by atoms with van der Waals surface area (Å²) in [5, 5.41) is 16.1. The van der Waals surface area contributed by atoms with Crippen LogP contribution in [0.25, 0.3) is 11.8 Å². The van der Waals surface area contributed by atoms with E-state index in [1.807, 2.05) is 51.1 Å². The Morgan fingerprint density at radius 1 is 1.18 bits per heavy atom. The quantitative estimate of drug-likeness (QED) is 0.402. The summed E-state index contributed by atoms with van der Waals surface area (Å²) in [6.45, 7) is 8.73. The number of aliphatic imine (C=N–C) groups is 1. The Kier molecular flexibility index (Phi) is 6.83. The highest BCUT2D eigenvalue weighted by atomic mass is 32.2. The number of para-hydroxylation sites is 2. The summed E-state index contributed by atoms with van der Waals surface area (Å²) in [4.78, 5) is 17.0. The van der Waals surface area contributed by atoms with Crippen LogP contribution in [0.15, 0.2) is 46.0 Å². The highest BCUT2D eigenvalue weighted by molar-refractivity contribution is 8.26. The van der Waals surface area contributed by atoms with Gasteiger partial charge in [-0.3, -0.25) is 10.2 Å². The Morgan fingerprint density at radius 2 is 1.97 bits per heavy atom. The summed E-state index contributed by atoms with van der Waals surface area (Å²) in [6.07, 6.45) is 5.91. The van der Waals surface area contributed by atoms with E-state index in [0.717, 1.165) is 59.1 Å². The number of ether oxygens (including phenoxy) is 1. The molecule has 4 rings (SSSR count). The van der Waals surface area contributed by atoms with Gasteiger partial charge in [-0.05, 0) is 75.2 Å². The minimum atomic E-state index is -0.400. The second-order valence-electron chi connectivity index (χ2n) is 8.03. The van der Waals surface area contributed by atoms with Crippen molar-refractivity contribution in [3.8, 4) is 11.4 Å². The van der Waals surface area contributed by atoms with Gasteiger partial charge in [-0.15, -0.1) is 0 Å². The lowest BCUT2D eigenvalue weighted by Crippen LogP contribution is -2.35. The fraction of sp³-hybridized carbons (Fsp3) is 0.360. The number of unbranched alkanes of at least 4 members (excludes halogenated alkanes) is 2. The number of thioether (sulfide) groups is 1. The highest BCUT2D eigenvalue weighted by Gasteiger charge is 2.35. The zero-order valence-corrected chi connectivity index (χ0v) is 20.3. The Hall–Kier alpha value is -3.13. The number of aryl methyl sites for hydroxylation is 1. The van der Waals surface area contributed by atoms with Crippen molar-refractivity contribution in [2.45, 2.75) is 53.4 Å². The van der Waals surface area contributed by atoms with Crippen molar-refractivity contribution in [3.05, 3.63) is 52.9 Å². The van der Waals surface area contributed by atoms with Crippen LogP contribution >= 0.6 is 11.8 Å². The van der Waals surface area contributed by atoms with E-state index in [0.29, 0.717) is 11.8 Å². The molecule has 172 valence electrons. The second kappa shape index (κ2) is 9.79. The number of nitrogens with zero attached hydrogens (tertiary/aromatic N) is 4. The number of benzene rings is 1. The molecule has 1 aromatic heterocycles. The smallest absolute Gasteiger partial charge is 0.283 e. The summed E-state index contributed by atoms with van der Waals surface area (Å²) in [5.41, 5.74) is 4.03. The van der Waals surface area contributed by atoms with Gasteiger partial charge < -0.3 is 9.30 Å². The first kappa shape index (κ1) is 23.0.